The van der Waals surface area contributed by atoms with Crippen LogP contribution in [0.3, 0.4) is 0 Å². The van der Waals surface area contributed by atoms with Gasteiger partial charge in [0.15, 0.2) is 36.5 Å². The molecule has 0 saturated carbocycles. The number of hydrogen-bond donors (Lipinski definition) is 0. The quantitative estimate of drug-likeness (QED) is 0.115. The Morgan fingerprint density at radius 1 is 0.256 bits per heavy atom. The Morgan fingerprint density at radius 2 is 0.410 bits per heavy atom. The van der Waals surface area contributed by atoms with Crippen LogP contribution in [0, 0.1) is 121 Å². The smallest absolute Gasteiger partial charge is 0.222 e. The normalized spacial score (nSPS) is 11.6. The predicted octanol–water partition coefficient (Wildman–Crippen LogP) is -1.23. The molecule has 0 heterocycles. The van der Waals surface area contributed by atoms with Gasteiger partial charge in [0.1, 0.15) is 21.8 Å². The molecule has 0 aromatic heterocycles. The average Bonchev–Trinajstić information content (AvgIpc) is 3.28. The van der Waals surface area contributed by atoms with Gasteiger partial charge in [-0.15, -0.1) is 30.7 Å². The molecule has 78 heavy (non-hydrogen) atoms. The first-order valence-electron chi connectivity index (χ1n) is 23.9. The molecule has 0 bridgehead atoms. The standard InChI is InChI=1S/C60H60IS2.3ClHO4/c1-37-29-41(5)57(42(6)30-37)62(58-43(7)31-38(2)32-44(58)8)55-25-17-51(18-26-55)49-13-21-53(22-14-49)61-54-23-15-50(16-24-54)52-19-27-56(28-20-52)63(59-45(9)33-39(3)34-46(59)10)60-47(11)35-40(4)36-48(60)12;3*2-1(3,4)5/h13-36H,1-12H3;3*(H,2,3,4,5)/q+3;;;/p-3. The summed E-state index contributed by atoms with van der Waals surface area (Å²) in [6, 6.07) is 56.3. The van der Waals surface area contributed by atoms with Crippen molar-refractivity contribution >= 4 is 21.8 Å². The first kappa shape index (κ1) is 64.4. The van der Waals surface area contributed by atoms with Gasteiger partial charge >= 0.3 is 21.2 Å². The molecular formula is C60H60Cl3IO12S2. The van der Waals surface area contributed by atoms with Crippen LogP contribution >= 0.6 is 0 Å². The lowest BCUT2D eigenvalue weighted by atomic mass is 10.1. The van der Waals surface area contributed by atoms with Crippen molar-refractivity contribution < 1.29 is 108 Å². The van der Waals surface area contributed by atoms with Crippen LogP contribution in [-0.4, -0.2) is 0 Å². The highest BCUT2D eigenvalue weighted by Gasteiger charge is 2.37. The summed E-state index contributed by atoms with van der Waals surface area (Å²) in [5.41, 5.74) is 21.3. The molecule has 0 amide bonds. The minimum absolute atomic E-state index is 0.201. The highest BCUT2D eigenvalue weighted by molar-refractivity contribution is 7.97. The van der Waals surface area contributed by atoms with Crippen LogP contribution in [-0.2, 0) is 21.8 Å². The van der Waals surface area contributed by atoms with E-state index in [1.165, 1.54) is 126 Å². The number of hydrogen-bond acceptors (Lipinski definition) is 12. The van der Waals surface area contributed by atoms with Crippen LogP contribution in [0.2, 0.25) is 0 Å². The molecular weight excluding hydrogens is 1210 g/mol. The third kappa shape index (κ3) is 19.4. The van der Waals surface area contributed by atoms with Crippen LogP contribution in [0.4, 0.5) is 0 Å². The highest BCUT2D eigenvalue weighted by Crippen LogP contribution is 2.42. The molecule has 8 aromatic carbocycles. The Hall–Kier alpha value is -4.42. The molecule has 0 aliphatic heterocycles. The first-order valence-corrected chi connectivity index (χ1v) is 32.2. The van der Waals surface area contributed by atoms with Crippen LogP contribution in [0.25, 0.3) is 22.3 Å². The van der Waals surface area contributed by atoms with E-state index in [1.807, 2.05) is 0 Å². The van der Waals surface area contributed by atoms with Gasteiger partial charge in [-0.25, -0.2) is 55.9 Å². The van der Waals surface area contributed by atoms with Gasteiger partial charge in [0, 0.05) is 44.5 Å². The Bertz CT molecular complexity index is 2870. The van der Waals surface area contributed by atoms with E-state index in [1.54, 1.807) is 0 Å². The Kier molecular flexibility index (Phi) is 22.6. The Labute approximate surface area is 480 Å². The van der Waals surface area contributed by atoms with Crippen molar-refractivity contribution in [3.63, 3.8) is 0 Å². The summed E-state index contributed by atoms with van der Waals surface area (Å²) in [5, 5.41) is 0. The van der Waals surface area contributed by atoms with Gasteiger partial charge in [0.25, 0.3) is 0 Å². The summed E-state index contributed by atoms with van der Waals surface area (Å²) in [7, 11) is -15.2. The zero-order valence-corrected chi connectivity index (χ0v) is 51.1. The molecule has 8 rings (SSSR count). The molecule has 0 radical (unpaired) electrons. The topological polar surface area (TPSA) is 277 Å². The van der Waals surface area contributed by atoms with Crippen molar-refractivity contribution in [2.24, 2.45) is 0 Å². The fourth-order valence-corrected chi connectivity index (χ4v) is 17.1. The van der Waals surface area contributed by atoms with Crippen LogP contribution in [0.5, 0.6) is 0 Å². The Morgan fingerprint density at radius 3 is 0.577 bits per heavy atom. The molecule has 8 aromatic rings. The van der Waals surface area contributed by atoms with Crippen molar-refractivity contribution in [1.29, 1.82) is 0 Å². The van der Waals surface area contributed by atoms with Gasteiger partial charge in [-0.2, -0.15) is 0 Å². The van der Waals surface area contributed by atoms with E-state index in [0.717, 1.165) is 0 Å². The number of rotatable bonds is 10. The zero-order chi connectivity index (χ0) is 58.2. The van der Waals surface area contributed by atoms with Gasteiger partial charge in [-0.1, -0.05) is 70.8 Å². The molecule has 0 fully saturated rings. The lowest BCUT2D eigenvalue weighted by Crippen LogP contribution is -3.61. The van der Waals surface area contributed by atoms with Crippen molar-refractivity contribution in [1.82, 2.24) is 0 Å². The highest BCUT2D eigenvalue weighted by atomic mass is 127. The average molecular weight is 1270 g/mol. The van der Waals surface area contributed by atoms with Crippen molar-refractivity contribution in [3.8, 4) is 22.3 Å². The molecule has 12 nitrogen and oxygen atoms in total. The molecule has 0 spiro atoms. The SMILES string of the molecule is Cc1cc(C)c([S+](c2ccc(-c3ccc([I+]c4ccc(-c5ccc([S+](c6c(C)cc(C)cc6C)c6c(C)cc(C)cc6C)cc5)cc4)cc3)cc2)c2c(C)cc(C)cc2C)c(C)c1.[O-][Cl+3]([O-])([O-])[O-].[O-][Cl+3]([O-])([O-])[O-].[O-][Cl+3]([O-])([O-])[O-]. The minimum atomic E-state index is -4.94. The largest absolute Gasteiger partial charge is 0.357 e. The van der Waals surface area contributed by atoms with E-state index in [2.05, 4.69) is 229 Å². The fourth-order valence-electron chi connectivity index (χ4n) is 9.73. The summed E-state index contributed by atoms with van der Waals surface area (Å²) >= 11 is -0.304. The van der Waals surface area contributed by atoms with E-state index in [4.69, 9.17) is 55.9 Å². The zero-order valence-electron chi connectivity index (χ0n) is 45.1. The van der Waals surface area contributed by atoms with Crippen molar-refractivity contribution in [2.75, 3.05) is 0 Å². The molecule has 0 aliphatic carbocycles. The Balaban J connectivity index is 0.000000660. The summed E-state index contributed by atoms with van der Waals surface area (Å²) in [4.78, 5) is 8.57. The van der Waals surface area contributed by atoms with E-state index in [-0.39, 0.29) is 43.0 Å². The second-order valence-corrected chi connectivity index (χ2v) is 27.9. The molecule has 0 unspecified atom stereocenters. The summed E-state index contributed by atoms with van der Waals surface area (Å²) in [5.74, 6) is 0. The summed E-state index contributed by atoms with van der Waals surface area (Å²) in [6.07, 6.45) is 0. The second kappa shape index (κ2) is 27.4. The van der Waals surface area contributed by atoms with Gasteiger partial charge in [0.05, 0.1) is 0 Å². The van der Waals surface area contributed by atoms with Gasteiger partial charge in [-0.3, -0.25) is 0 Å². The third-order valence-corrected chi connectivity index (χ3v) is 20.4. The van der Waals surface area contributed by atoms with E-state index < -0.39 is 30.7 Å². The molecule has 18 heteroatoms. The molecule has 0 N–H and O–H groups in total. The maximum Gasteiger partial charge on any atom is 0.357 e. The monoisotopic (exact) mass is 1270 g/mol. The van der Waals surface area contributed by atoms with E-state index >= 15 is 0 Å². The van der Waals surface area contributed by atoms with Crippen LogP contribution in [0.15, 0.2) is 175 Å². The van der Waals surface area contributed by atoms with Crippen molar-refractivity contribution in [2.45, 2.75) is 112 Å². The number of aryl methyl sites for hydroxylation is 12. The number of benzene rings is 8. The fraction of sp³-hybridized carbons (Fsp3) is 0.200. The third-order valence-electron chi connectivity index (χ3n) is 12.0. The second-order valence-electron chi connectivity index (χ2n) is 18.8. The molecule has 0 aliphatic rings. The van der Waals surface area contributed by atoms with Crippen molar-refractivity contribution in [3.05, 3.63) is 219 Å². The van der Waals surface area contributed by atoms with E-state index in [9.17, 15) is 0 Å². The minimum Gasteiger partial charge on any atom is -0.222 e. The summed E-state index contributed by atoms with van der Waals surface area (Å²) < 4.78 is 105. The van der Waals surface area contributed by atoms with Gasteiger partial charge in [-0.05, 0) is 202 Å². The predicted molar refractivity (Wildman–Crippen MR) is 268 cm³/mol. The first-order chi connectivity index (χ1) is 36.1. The van der Waals surface area contributed by atoms with Gasteiger partial charge in [0.2, 0.25) is 0 Å². The number of halogens is 4. The maximum absolute atomic E-state index is 8.49. The van der Waals surface area contributed by atoms with Crippen LogP contribution < -0.4 is 77.1 Å². The van der Waals surface area contributed by atoms with Gasteiger partial charge < -0.3 is 0 Å². The van der Waals surface area contributed by atoms with Crippen LogP contribution in [0.1, 0.15) is 66.8 Å². The lowest BCUT2D eigenvalue weighted by molar-refractivity contribution is -2.00. The molecule has 412 valence electrons. The molecule has 0 atom stereocenters. The lowest BCUT2D eigenvalue weighted by Gasteiger charge is -2.17. The van der Waals surface area contributed by atoms with E-state index in [0.29, 0.717) is 0 Å². The maximum atomic E-state index is 8.49. The summed E-state index contributed by atoms with van der Waals surface area (Å²) in [6.45, 7) is 27.1. The molecule has 0 saturated heterocycles.